The lowest BCUT2D eigenvalue weighted by molar-refractivity contribution is -0.305. The van der Waals surface area contributed by atoms with Crippen LogP contribution in [0.5, 0.6) is 0 Å². The Morgan fingerprint density at radius 2 is 0.953 bits per heavy atom. The highest BCUT2D eigenvalue weighted by atomic mass is 16.7. The summed E-state index contributed by atoms with van der Waals surface area (Å²) in [6.07, 6.45) is 53.6. The number of carbonyl (C=O) groups excluding carboxylic acids is 1. The minimum absolute atomic E-state index is 0.123. The van der Waals surface area contributed by atoms with Crippen LogP contribution in [0.4, 0.5) is 0 Å². The van der Waals surface area contributed by atoms with Gasteiger partial charge in [0, 0.05) is 13.0 Å². The van der Waals surface area contributed by atoms with Crippen molar-refractivity contribution in [1.29, 1.82) is 0 Å². The minimum atomic E-state index is -1.54. The molecule has 0 aliphatic carbocycles. The van der Waals surface area contributed by atoms with Gasteiger partial charge in [0.1, 0.15) is 30.5 Å². The molecule has 0 spiro atoms. The predicted octanol–water partition coefficient (Wildman–Crippen LogP) is 12.8. The first-order chi connectivity index (χ1) is 31.4. The van der Waals surface area contributed by atoms with E-state index in [4.69, 9.17) is 18.9 Å². The maximum Gasteiger partial charge on any atom is 0.306 e. The molecular formula is C55H96O9. The lowest BCUT2D eigenvalue weighted by atomic mass is 9.99. The second-order valence-electron chi connectivity index (χ2n) is 17.6. The van der Waals surface area contributed by atoms with Crippen molar-refractivity contribution in [2.24, 2.45) is 0 Å². The smallest absolute Gasteiger partial charge is 0.306 e. The molecule has 0 amide bonds. The highest BCUT2D eigenvalue weighted by molar-refractivity contribution is 5.69. The van der Waals surface area contributed by atoms with E-state index in [1.807, 2.05) is 0 Å². The Hall–Kier alpha value is -2.37. The third kappa shape index (κ3) is 35.8. The standard InChI is InChI=1S/C55H96O9/c1-3-5-7-9-11-13-15-17-19-21-23-24-25-27-29-31-33-35-37-39-41-43-45-61-47-49(48-62-55-54(60)53(59)52(58)50(46-56)64-55)63-51(57)44-42-40-38-36-34-32-30-28-26-22-20-18-16-14-12-10-8-6-4-2/h5,7,11,13,17-20,23-24,27,29,49-50,52-56,58-60H,3-4,6,8-10,12,14-16,21-22,25-26,28,30-48H2,1-2H3/b7-5-,13-11-,19-17-,20-18-,24-23-,29-27-. The van der Waals surface area contributed by atoms with Gasteiger partial charge in [-0.1, -0.05) is 189 Å². The van der Waals surface area contributed by atoms with E-state index in [1.165, 1.54) is 109 Å². The normalized spacial score (nSPS) is 20.1. The molecule has 0 aromatic heterocycles. The number of ether oxygens (including phenoxy) is 4. The van der Waals surface area contributed by atoms with Crippen LogP contribution in [0.3, 0.4) is 0 Å². The summed E-state index contributed by atoms with van der Waals surface area (Å²) in [5, 5.41) is 40.3. The van der Waals surface area contributed by atoms with E-state index in [0.717, 1.165) is 77.0 Å². The van der Waals surface area contributed by atoms with Crippen LogP contribution in [0.25, 0.3) is 0 Å². The van der Waals surface area contributed by atoms with Crippen molar-refractivity contribution in [2.75, 3.05) is 26.4 Å². The van der Waals surface area contributed by atoms with Crippen LogP contribution in [0.1, 0.15) is 206 Å². The number of esters is 1. The zero-order chi connectivity index (χ0) is 46.4. The topological polar surface area (TPSA) is 135 Å². The molecule has 0 bridgehead atoms. The second kappa shape index (κ2) is 45.8. The second-order valence-corrected chi connectivity index (χ2v) is 17.6. The Bertz CT molecular complexity index is 1210. The zero-order valence-electron chi connectivity index (χ0n) is 40.8. The third-order valence-corrected chi connectivity index (χ3v) is 11.6. The van der Waals surface area contributed by atoms with E-state index < -0.39 is 43.4 Å². The van der Waals surface area contributed by atoms with E-state index in [2.05, 4.69) is 86.8 Å². The lowest BCUT2D eigenvalue weighted by Crippen LogP contribution is -2.59. The summed E-state index contributed by atoms with van der Waals surface area (Å²) in [5.41, 5.74) is 0. The fraction of sp³-hybridized carbons (Fsp3) is 0.764. The molecule has 9 heteroatoms. The van der Waals surface area contributed by atoms with Crippen LogP contribution < -0.4 is 0 Å². The Labute approximate surface area is 391 Å². The van der Waals surface area contributed by atoms with Crippen LogP contribution in [0.2, 0.25) is 0 Å². The number of hydrogen-bond acceptors (Lipinski definition) is 9. The molecule has 6 unspecified atom stereocenters. The van der Waals surface area contributed by atoms with Crippen molar-refractivity contribution < 1.29 is 44.2 Å². The molecule has 6 atom stereocenters. The van der Waals surface area contributed by atoms with E-state index >= 15 is 0 Å². The van der Waals surface area contributed by atoms with Gasteiger partial charge in [0.05, 0.1) is 19.8 Å². The van der Waals surface area contributed by atoms with Crippen LogP contribution in [-0.2, 0) is 23.7 Å². The van der Waals surface area contributed by atoms with Gasteiger partial charge in [-0.3, -0.25) is 4.79 Å². The van der Waals surface area contributed by atoms with Gasteiger partial charge < -0.3 is 39.4 Å². The van der Waals surface area contributed by atoms with E-state index in [0.29, 0.717) is 13.0 Å². The minimum Gasteiger partial charge on any atom is -0.457 e. The third-order valence-electron chi connectivity index (χ3n) is 11.6. The number of aliphatic hydroxyl groups is 4. The first-order valence-corrected chi connectivity index (χ1v) is 26.0. The SMILES string of the molecule is CC/C=C\C/C=C\C/C=C\C/C=C\C/C=C\CCCCCCCCOCC(COC1OC(CO)C(O)C(O)C1O)OC(=O)CCCCCCCCCCC/C=C\CCCCCCCC. The van der Waals surface area contributed by atoms with E-state index in [9.17, 15) is 25.2 Å². The summed E-state index contributed by atoms with van der Waals surface area (Å²) < 4.78 is 22.9. The van der Waals surface area contributed by atoms with Crippen LogP contribution >= 0.6 is 0 Å². The van der Waals surface area contributed by atoms with Gasteiger partial charge in [-0.05, 0) is 83.5 Å². The molecule has 1 aliphatic rings. The zero-order valence-corrected chi connectivity index (χ0v) is 40.8. The van der Waals surface area contributed by atoms with Crippen molar-refractivity contribution in [1.82, 2.24) is 0 Å². The molecule has 0 saturated carbocycles. The molecule has 0 radical (unpaired) electrons. The molecule has 1 fully saturated rings. The Morgan fingerprint density at radius 1 is 0.516 bits per heavy atom. The highest BCUT2D eigenvalue weighted by Gasteiger charge is 2.44. The largest absolute Gasteiger partial charge is 0.457 e. The van der Waals surface area contributed by atoms with Crippen molar-refractivity contribution in [3.05, 3.63) is 72.9 Å². The lowest BCUT2D eigenvalue weighted by Gasteiger charge is -2.39. The first kappa shape index (κ1) is 59.6. The molecule has 0 aromatic carbocycles. The monoisotopic (exact) mass is 901 g/mol. The molecule has 1 rings (SSSR count). The fourth-order valence-electron chi connectivity index (χ4n) is 7.57. The summed E-state index contributed by atoms with van der Waals surface area (Å²) in [6.45, 7) is 4.41. The molecule has 0 aromatic rings. The molecule has 4 N–H and O–H groups in total. The van der Waals surface area contributed by atoms with Crippen molar-refractivity contribution in [2.45, 2.75) is 243 Å². The van der Waals surface area contributed by atoms with Gasteiger partial charge in [0.2, 0.25) is 0 Å². The Balaban J connectivity index is 2.22. The van der Waals surface area contributed by atoms with E-state index in [-0.39, 0.29) is 19.2 Å². The maximum atomic E-state index is 12.8. The van der Waals surface area contributed by atoms with Crippen LogP contribution in [0.15, 0.2) is 72.9 Å². The number of hydrogen-bond donors (Lipinski definition) is 4. The Morgan fingerprint density at radius 3 is 1.45 bits per heavy atom. The number of rotatable bonds is 44. The fourth-order valence-corrected chi connectivity index (χ4v) is 7.57. The molecule has 1 heterocycles. The highest BCUT2D eigenvalue weighted by Crippen LogP contribution is 2.23. The number of unbranched alkanes of at least 4 members (excludes halogenated alkanes) is 21. The van der Waals surface area contributed by atoms with Crippen molar-refractivity contribution >= 4 is 5.97 Å². The van der Waals surface area contributed by atoms with Gasteiger partial charge in [-0.2, -0.15) is 0 Å². The van der Waals surface area contributed by atoms with Gasteiger partial charge in [-0.25, -0.2) is 0 Å². The Kier molecular flexibility index (Phi) is 42.7. The molecule has 64 heavy (non-hydrogen) atoms. The predicted molar refractivity (Wildman–Crippen MR) is 265 cm³/mol. The maximum absolute atomic E-state index is 12.8. The van der Waals surface area contributed by atoms with Gasteiger partial charge in [0.15, 0.2) is 6.29 Å². The summed E-state index contributed by atoms with van der Waals surface area (Å²) >= 11 is 0. The molecule has 370 valence electrons. The summed E-state index contributed by atoms with van der Waals surface area (Å²) in [6, 6.07) is 0. The molecule has 1 saturated heterocycles. The average molecular weight is 901 g/mol. The van der Waals surface area contributed by atoms with Crippen molar-refractivity contribution in [3.63, 3.8) is 0 Å². The number of aliphatic hydroxyl groups excluding tert-OH is 4. The molecule has 1 aliphatic heterocycles. The van der Waals surface area contributed by atoms with E-state index in [1.54, 1.807) is 0 Å². The molecule has 9 nitrogen and oxygen atoms in total. The molecular weight excluding hydrogens is 805 g/mol. The number of carbonyl (C=O) groups is 1. The quantitative estimate of drug-likeness (QED) is 0.0268. The average Bonchev–Trinajstić information content (AvgIpc) is 3.30. The van der Waals surface area contributed by atoms with Gasteiger partial charge in [-0.15, -0.1) is 0 Å². The van der Waals surface area contributed by atoms with Crippen LogP contribution in [0, 0.1) is 0 Å². The first-order valence-electron chi connectivity index (χ1n) is 26.0. The van der Waals surface area contributed by atoms with Crippen molar-refractivity contribution in [3.8, 4) is 0 Å². The number of allylic oxidation sites excluding steroid dienone is 12. The summed E-state index contributed by atoms with van der Waals surface area (Å²) in [5.74, 6) is -0.323. The van der Waals surface area contributed by atoms with Crippen LogP contribution in [-0.4, -0.2) is 89.6 Å². The summed E-state index contributed by atoms with van der Waals surface area (Å²) in [7, 11) is 0. The van der Waals surface area contributed by atoms with Gasteiger partial charge >= 0.3 is 5.97 Å². The van der Waals surface area contributed by atoms with Gasteiger partial charge in [0.25, 0.3) is 0 Å². The summed E-state index contributed by atoms with van der Waals surface area (Å²) in [4.78, 5) is 12.8.